The topological polar surface area (TPSA) is 126 Å². The Kier molecular flexibility index (Phi) is 5.52. The maximum Gasteiger partial charge on any atom is 0.259 e. The van der Waals surface area contributed by atoms with Gasteiger partial charge in [-0.1, -0.05) is 0 Å². The van der Waals surface area contributed by atoms with Crippen LogP contribution in [0.2, 0.25) is 0 Å². The molecule has 0 radical (unpaired) electrons. The van der Waals surface area contributed by atoms with Crippen LogP contribution < -0.4 is 11.1 Å². The van der Waals surface area contributed by atoms with Crippen LogP contribution in [-0.4, -0.2) is 54.1 Å². The van der Waals surface area contributed by atoms with Crippen molar-refractivity contribution in [3.05, 3.63) is 46.6 Å². The molecule has 4 N–H and O–H groups in total. The van der Waals surface area contributed by atoms with Crippen molar-refractivity contribution in [2.75, 3.05) is 5.73 Å². The fraction of sp³-hybridized carbons (Fsp3) is 0.500. The molecule has 1 atom stereocenters. The number of nitrogens with one attached hydrogen (secondary N) is 1. The van der Waals surface area contributed by atoms with Crippen LogP contribution in [0, 0.1) is 12.8 Å². The highest BCUT2D eigenvalue weighted by Crippen LogP contribution is 2.40. The van der Waals surface area contributed by atoms with Crippen molar-refractivity contribution in [2.45, 2.75) is 83.5 Å². The molecule has 1 aliphatic heterocycles. The molecule has 2 fully saturated rings. The first kappa shape index (κ1) is 23.9. The van der Waals surface area contributed by atoms with Gasteiger partial charge < -0.3 is 21.1 Å². The number of aliphatic hydroxyl groups is 1. The molecule has 0 unspecified atom stereocenters. The normalized spacial score (nSPS) is 24.4. The summed E-state index contributed by atoms with van der Waals surface area (Å²) in [5, 5.41) is 17.6. The Balaban J connectivity index is 1.30. The lowest BCUT2D eigenvalue weighted by Gasteiger charge is -2.33. The van der Waals surface area contributed by atoms with Crippen LogP contribution in [-0.2, 0) is 6.54 Å². The molecule has 0 spiro atoms. The van der Waals surface area contributed by atoms with E-state index < -0.39 is 5.60 Å². The third-order valence-corrected chi connectivity index (χ3v) is 8.46. The Morgan fingerprint density at radius 1 is 1.24 bits per heavy atom. The van der Waals surface area contributed by atoms with Crippen molar-refractivity contribution in [1.29, 1.82) is 0 Å². The number of hydrogen-bond acceptors (Lipinski definition) is 6. The van der Waals surface area contributed by atoms with Gasteiger partial charge in [-0.25, -0.2) is 9.50 Å². The van der Waals surface area contributed by atoms with Gasteiger partial charge in [0, 0.05) is 36.0 Å². The first-order valence-electron chi connectivity index (χ1n) is 13.2. The van der Waals surface area contributed by atoms with Gasteiger partial charge in [0.25, 0.3) is 11.8 Å². The zero-order chi connectivity index (χ0) is 26.1. The molecule has 2 aliphatic carbocycles. The third-order valence-electron chi connectivity index (χ3n) is 8.46. The summed E-state index contributed by atoms with van der Waals surface area (Å²) >= 11 is 0. The van der Waals surface area contributed by atoms with Crippen molar-refractivity contribution >= 4 is 23.3 Å². The quantitative estimate of drug-likeness (QED) is 0.491. The second-order valence-corrected chi connectivity index (χ2v) is 11.4. The van der Waals surface area contributed by atoms with E-state index in [0.29, 0.717) is 49.5 Å². The summed E-state index contributed by atoms with van der Waals surface area (Å²) in [5.41, 5.74) is 10.5. The monoisotopic (exact) mass is 502 g/mol. The molecule has 0 bridgehead atoms. The van der Waals surface area contributed by atoms with Gasteiger partial charge >= 0.3 is 0 Å². The van der Waals surface area contributed by atoms with Gasteiger partial charge in [0.15, 0.2) is 11.5 Å². The third kappa shape index (κ3) is 4.25. The molecule has 37 heavy (non-hydrogen) atoms. The summed E-state index contributed by atoms with van der Waals surface area (Å²) in [4.78, 5) is 33.2. The van der Waals surface area contributed by atoms with Gasteiger partial charge in [0.05, 0.1) is 11.3 Å². The average molecular weight is 503 g/mol. The van der Waals surface area contributed by atoms with Crippen molar-refractivity contribution in [1.82, 2.24) is 24.8 Å². The number of amides is 2. The molecule has 194 valence electrons. The fourth-order valence-corrected chi connectivity index (χ4v) is 5.97. The van der Waals surface area contributed by atoms with E-state index in [9.17, 15) is 14.7 Å². The summed E-state index contributed by atoms with van der Waals surface area (Å²) in [6.45, 7) is 6.58. The van der Waals surface area contributed by atoms with Gasteiger partial charge in [0.1, 0.15) is 5.56 Å². The van der Waals surface area contributed by atoms with Crippen molar-refractivity contribution in [3.63, 3.8) is 0 Å². The Bertz CT molecular complexity index is 1410. The molecule has 2 amide bonds. The second-order valence-electron chi connectivity index (χ2n) is 11.4. The number of hydrogen-bond donors (Lipinski definition) is 3. The molecular formula is C28H34N6O3. The number of fused-ring (bicyclic) bond motifs is 2. The Morgan fingerprint density at radius 3 is 2.68 bits per heavy atom. The number of rotatable bonds is 5. The first-order valence-corrected chi connectivity index (χ1v) is 13.2. The lowest BCUT2D eigenvalue weighted by Crippen LogP contribution is -2.42. The lowest BCUT2D eigenvalue weighted by atomic mass is 9.83. The van der Waals surface area contributed by atoms with E-state index in [4.69, 9.17) is 10.7 Å². The summed E-state index contributed by atoms with van der Waals surface area (Å²) in [6, 6.07) is 6.12. The largest absolute Gasteiger partial charge is 0.390 e. The van der Waals surface area contributed by atoms with Crippen molar-refractivity contribution in [2.24, 2.45) is 5.92 Å². The number of carbonyl (C=O) groups excluding carboxylic acids is 2. The smallest absolute Gasteiger partial charge is 0.259 e. The Hall–Kier alpha value is -3.46. The summed E-state index contributed by atoms with van der Waals surface area (Å²) < 4.78 is 1.53. The standard InChI is InChI=1S/C28H34N6O3/c1-15-12-18(13-19-14-33(27(36)22(15)19)16(2)17-4-5-17)21-8-11-34-25(31-21)23(24(29)32-34)26(35)30-20-6-9-28(3,37)10-7-20/h8,11-13,16-17,20,37H,4-7,9-10,14H2,1-3H3,(H2,29,32)(H,30,35)/t16-,20?,28?/m0/s1. The van der Waals surface area contributed by atoms with Crippen molar-refractivity contribution < 1.29 is 14.7 Å². The number of carbonyl (C=O) groups is 2. The number of nitrogens with zero attached hydrogens (tertiary/aromatic N) is 4. The Labute approximate surface area is 216 Å². The molecule has 3 aliphatic rings. The minimum absolute atomic E-state index is 0.0249. The SMILES string of the molecule is Cc1cc(-c2ccn3nc(N)c(C(=O)NC4CCC(C)(O)CC4)c3n2)cc2c1C(=O)N([C@@H](C)C1CC1)C2. The zero-order valence-corrected chi connectivity index (χ0v) is 21.6. The Morgan fingerprint density at radius 2 is 1.97 bits per heavy atom. The average Bonchev–Trinajstić information content (AvgIpc) is 3.57. The van der Waals surface area contributed by atoms with Crippen LogP contribution in [0.5, 0.6) is 0 Å². The number of benzene rings is 1. The molecule has 3 aromatic rings. The minimum atomic E-state index is -0.674. The van der Waals surface area contributed by atoms with Crippen LogP contribution in [0.4, 0.5) is 5.82 Å². The maximum atomic E-state index is 13.2. The van der Waals surface area contributed by atoms with E-state index in [1.165, 1.54) is 17.4 Å². The van der Waals surface area contributed by atoms with Crippen LogP contribution in [0.25, 0.3) is 16.9 Å². The van der Waals surface area contributed by atoms with E-state index in [2.05, 4.69) is 17.3 Å². The lowest BCUT2D eigenvalue weighted by molar-refractivity contribution is 0.0140. The molecule has 3 heterocycles. The zero-order valence-electron chi connectivity index (χ0n) is 21.6. The van der Waals surface area contributed by atoms with Gasteiger partial charge in [-0.3, -0.25) is 9.59 Å². The number of nitrogen functional groups attached to an aromatic ring is 1. The molecule has 2 saturated carbocycles. The fourth-order valence-electron chi connectivity index (χ4n) is 5.97. The van der Waals surface area contributed by atoms with Gasteiger partial charge in [0.2, 0.25) is 0 Å². The number of aromatic nitrogens is 3. The second kappa shape index (κ2) is 8.55. The van der Waals surface area contributed by atoms with Crippen LogP contribution in [0.3, 0.4) is 0 Å². The molecule has 1 aromatic carbocycles. The van der Waals surface area contributed by atoms with Gasteiger partial charge in [-0.05, 0) is 94.5 Å². The van der Waals surface area contributed by atoms with E-state index in [1.54, 1.807) is 6.20 Å². The highest BCUT2D eigenvalue weighted by Gasteiger charge is 2.39. The van der Waals surface area contributed by atoms with E-state index in [1.807, 2.05) is 36.9 Å². The summed E-state index contributed by atoms with van der Waals surface area (Å²) in [7, 11) is 0. The van der Waals surface area contributed by atoms with E-state index >= 15 is 0 Å². The van der Waals surface area contributed by atoms with Crippen LogP contribution in [0.15, 0.2) is 24.4 Å². The highest BCUT2D eigenvalue weighted by molar-refractivity contribution is 6.04. The molecule has 2 aromatic heterocycles. The van der Waals surface area contributed by atoms with Crippen LogP contribution >= 0.6 is 0 Å². The predicted octanol–water partition coefficient (Wildman–Crippen LogP) is 3.46. The van der Waals surface area contributed by atoms with Gasteiger partial charge in [-0.2, -0.15) is 0 Å². The van der Waals surface area contributed by atoms with Crippen molar-refractivity contribution in [3.8, 4) is 11.3 Å². The molecule has 6 rings (SSSR count). The van der Waals surface area contributed by atoms with E-state index in [-0.39, 0.29) is 35.3 Å². The van der Waals surface area contributed by atoms with E-state index in [0.717, 1.165) is 22.3 Å². The molecule has 9 nitrogen and oxygen atoms in total. The van der Waals surface area contributed by atoms with Gasteiger partial charge in [-0.15, -0.1) is 5.10 Å². The summed E-state index contributed by atoms with van der Waals surface area (Å²) in [6.07, 6.45) is 6.85. The predicted molar refractivity (Wildman–Crippen MR) is 140 cm³/mol. The molecule has 0 saturated heterocycles. The highest BCUT2D eigenvalue weighted by atomic mass is 16.3. The number of nitrogens with two attached hydrogens (primary N) is 1. The first-order chi connectivity index (χ1) is 17.6. The summed E-state index contributed by atoms with van der Waals surface area (Å²) in [5.74, 6) is 0.559. The minimum Gasteiger partial charge on any atom is -0.390 e. The maximum absolute atomic E-state index is 13.2. The number of anilines is 1. The number of aryl methyl sites for hydroxylation is 1. The van der Waals surface area contributed by atoms with Crippen LogP contribution in [0.1, 0.15) is 84.2 Å². The molecule has 9 heteroatoms. The molecular weight excluding hydrogens is 468 g/mol.